The topological polar surface area (TPSA) is 49.2 Å². The fourth-order valence-electron chi connectivity index (χ4n) is 1.56. The second-order valence-electron chi connectivity index (χ2n) is 3.92. The molecule has 1 aromatic carbocycles. The Kier molecular flexibility index (Phi) is 4.28. The first-order valence-corrected chi connectivity index (χ1v) is 6.40. The molecule has 0 radical (unpaired) electrons. The van der Waals surface area contributed by atoms with Crippen molar-refractivity contribution in [1.29, 1.82) is 0 Å². The molecular weight excluding hydrogens is 294 g/mol. The van der Waals surface area contributed by atoms with Gasteiger partial charge in [-0.25, -0.2) is 9.97 Å². The molecule has 2 rings (SSSR count). The Morgan fingerprint density at radius 1 is 1.11 bits per heavy atom. The minimum atomic E-state index is 0.0916. The maximum Gasteiger partial charge on any atom is 0.225 e. The molecule has 18 heavy (non-hydrogen) atoms. The fraction of sp³-hybridized carbons (Fsp3) is 0.231. The largest absolute Gasteiger partial charge is 0.395 e. The maximum absolute atomic E-state index is 8.85. The van der Waals surface area contributed by atoms with E-state index in [-0.39, 0.29) is 6.61 Å². The van der Waals surface area contributed by atoms with Gasteiger partial charge in [-0.1, -0.05) is 28.1 Å². The predicted molar refractivity (Wildman–Crippen MR) is 75.5 cm³/mol. The molecular formula is C13H14BrN3O. The van der Waals surface area contributed by atoms with Gasteiger partial charge in [0.25, 0.3) is 0 Å². The van der Waals surface area contributed by atoms with Gasteiger partial charge in [0, 0.05) is 36.0 Å². The normalized spacial score (nSPS) is 10.4. The zero-order valence-corrected chi connectivity index (χ0v) is 11.6. The first-order chi connectivity index (χ1) is 8.70. The highest BCUT2D eigenvalue weighted by atomic mass is 79.9. The second kappa shape index (κ2) is 5.93. The lowest BCUT2D eigenvalue weighted by atomic mass is 10.1. The van der Waals surface area contributed by atoms with E-state index in [1.165, 1.54) is 0 Å². The molecule has 0 aliphatic carbocycles. The van der Waals surface area contributed by atoms with E-state index in [1.807, 2.05) is 36.2 Å². The Morgan fingerprint density at radius 2 is 1.72 bits per heavy atom. The summed E-state index contributed by atoms with van der Waals surface area (Å²) >= 11 is 3.40. The number of rotatable bonds is 4. The highest BCUT2D eigenvalue weighted by molar-refractivity contribution is 9.10. The minimum Gasteiger partial charge on any atom is -0.395 e. The van der Waals surface area contributed by atoms with Crippen LogP contribution in [0.1, 0.15) is 0 Å². The van der Waals surface area contributed by atoms with Gasteiger partial charge in [-0.3, -0.25) is 0 Å². The van der Waals surface area contributed by atoms with Crippen molar-refractivity contribution < 1.29 is 5.11 Å². The van der Waals surface area contributed by atoms with Crippen LogP contribution < -0.4 is 4.90 Å². The minimum absolute atomic E-state index is 0.0916. The zero-order chi connectivity index (χ0) is 13.0. The molecule has 5 heteroatoms. The van der Waals surface area contributed by atoms with Crippen LogP contribution >= 0.6 is 15.9 Å². The van der Waals surface area contributed by atoms with Gasteiger partial charge in [0.05, 0.1) is 6.61 Å². The third-order valence-corrected chi connectivity index (χ3v) is 3.12. The molecule has 94 valence electrons. The molecule has 4 nitrogen and oxygen atoms in total. The fourth-order valence-corrected chi connectivity index (χ4v) is 1.82. The smallest absolute Gasteiger partial charge is 0.225 e. The molecule has 0 saturated heterocycles. The number of aliphatic hydroxyl groups excluding tert-OH is 1. The second-order valence-corrected chi connectivity index (χ2v) is 4.84. The summed E-state index contributed by atoms with van der Waals surface area (Å²) in [7, 11) is 1.85. The van der Waals surface area contributed by atoms with Gasteiger partial charge in [-0.2, -0.15) is 0 Å². The SMILES string of the molecule is CN(CCO)c1ncc(-c2ccc(Br)cc2)cn1. The van der Waals surface area contributed by atoms with E-state index in [0.29, 0.717) is 12.5 Å². The first kappa shape index (κ1) is 13.0. The molecule has 1 aromatic heterocycles. The number of aliphatic hydroxyl groups is 1. The van der Waals surface area contributed by atoms with Crippen LogP contribution in [-0.4, -0.2) is 35.3 Å². The number of hydrogen-bond donors (Lipinski definition) is 1. The summed E-state index contributed by atoms with van der Waals surface area (Å²) in [5, 5.41) is 8.85. The summed E-state index contributed by atoms with van der Waals surface area (Å²) in [6, 6.07) is 8.00. The molecule has 0 aliphatic rings. The van der Waals surface area contributed by atoms with Gasteiger partial charge in [-0.05, 0) is 17.7 Å². The van der Waals surface area contributed by atoms with Crippen molar-refractivity contribution in [3.05, 3.63) is 41.1 Å². The van der Waals surface area contributed by atoms with Gasteiger partial charge in [-0.15, -0.1) is 0 Å². The molecule has 1 N–H and O–H groups in total. The van der Waals surface area contributed by atoms with E-state index in [4.69, 9.17) is 5.11 Å². The van der Waals surface area contributed by atoms with E-state index in [0.717, 1.165) is 15.6 Å². The zero-order valence-electron chi connectivity index (χ0n) is 10.0. The Hall–Kier alpha value is -1.46. The summed E-state index contributed by atoms with van der Waals surface area (Å²) < 4.78 is 1.05. The molecule has 1 heterocycles. The number of benzene rings is 1. The quantitative estimate of drug-likeness (QED) is 0.942. The lowest BCUT2D eigenvalue weighted by molar-refractivity contribution is 0.303. The molecule has 0 bridgehead atoms. The molecule has 0 spiro atoms. The monoisotopic (exact) mass is 307 g/mol. The van der Waals surface area contributed by atoms with E-state index < -0.39 is 0 Å². The van der Waals surface area contributed by atoms with Crippen LogP contribution in [0.3, 0.4) is 0 Å². The van der Waals surface area contributed by atoms with Crippen LogP contribution in [0.25, 0.3) is 11.1 Å². The van der Waals surface area contributed by atoms with E-state index >= 15 is 0 Å². The molecule has 0 fully saturated rings. The Morgan fingerprint density at radius 3 is 2.28 bits per heavy atom. The van der Waals surface area contributed by atoms with Gasteiger partial charge in [0.2, 0.25) is 5.95 Å². The summed E-state index contributed by atoms with van der Waals surface area (Å²) in [4.78, 5) is 10.4. The first-order valence-electron chi connectivity index (χ1n) is 5.60. The molecule has 0 atom stereocenters. The summed E-state index contributed by atoms with van der Waals surface area (Å²) in [5.41, 5.74) is 2.05. The van der Waals surface area contributed by atoms with Gasteiger partial charge in [0.15, 0.2) is 0 Å². The summed E-state index contributed by atoms with van der Waals surface area (Å²) in [5.74, 6) is 0.616. The maximum atomic E-state index is 8.85. The third kappa shape index (κ3) is 3.05. The van der Waals surface area contributed by atoms with Gasteiger partial charge in [0.1, 0.15) is 0 Å². The van der Waals surface area contributed by atoms with Crippen molar-refractivity contribution in [2.24, 2.45) is 0 Å². The van der Waals surface area contributed by atoms with Crippen molar-refractivity contribution in [3.8, 4) is 11.1 Å². The highest BCUT2D eigenvalue weighted by Crippen LogP contribution is 2.21. The number of nitrogens with zero attached hydrogens (tertiary/aromatic N) is 3. The third-order valence-electron chi connectivity index (χ3n) is 2.59. The van der Waals surface area contributed by atoms with Crippen molar-refractivity contribution >= 4 is 21.9 Å². The van der Waals surface area contributed by atoms with Crippen molar-refractivity contribution in [2.45, 2.75) is 0 Å². The van der Waals surface area contributed by atoms with Crippen molar-refractivity contribution in [2.75, 3.05) is 25.1 Å². The van der Waals surface area contributed by atoms with Gasteiger partial charge >= 0.3 is 0 Å². The number of anilines is 1. The number of hydrogen-bond acceptors (Lipinski definition) is 4. The Labute approximate surface area is 114 Å². The van der Waals surface area contributed by atoms with Crippen molar-refractivity contribution in [1.82, 2.24) is 9.97 Å². The van der Waals surface area contributed by atoms with Crippen LogP contribution in [0.15, 0.2) is 41.1 Å². The standard InChI is InChI=1S/C13H14BrN3O/c1-17(6-7-18)13-15-8-11(9-16-13)10-2-4-12(14)5-3-10/h2-5,8-9,18H,6-7H2,1H3. The van der Waals surface area contributed by atoms with Crippen LogP contribution in [0, 0.1) is 0 Å². The van der Waals surface area contributed by atoms with Crippen LogP contribution in [0.2, 0.25) is 0 Å². The molecule has 0 amide bonds. The summed E-state index contributed by atoms with van der Waals surface area (Å²) in [6.07, 6.45) is 3.58. The number of likely N-dealkylation sites (N-methyl/N-ethyl adjacent to an activating group) is 1. The van der Waals surface area contributed by atoms with E-state index in [1.54, 1.807) is 12.4 Å². The number of halogens is 1. The average molecular weight is 308 g/mol. The summed E-state index contributed by atoms with van der Waals surface area (Å²) in [6.45, 7) is 0.617. The number of aromatic nitrogens is 2. The Bertz CT molecular complexity index is 499. The molecule has 2 aromatic rings. The predicted octanol–water partition coefficient (Wildman–Crippen LogP) is 2.33. The van der Waals surface area contributed by atoms with Gasteiger partial charge < -0.3 is 10.0 Å². The van der Waals surface area contributed by atoms with Crippen LogP contribution in [0.4, 0.5) is 5.95 Å². The van der Waals surface area contributed by atoms with Crippen LogP contribution in [-0.2, 0) is 0 Å². The lowest BCUT2D eigenvalue weighted by Gasteiger charge is -2.15. The Balaban J connectivity index is 2.19. The molecule has 0 aliphatic heterocycles. The van der Waals surface area contributed by atoms with Crippen molar-refractivity contribution in [3.63, 3.8) is 0 Å². The van der Waals surface area contributed by atoms with Crippen LogP contribution in [0.5, 0.6) is 0 Å². The van der Waals surface area contributed by atoms with E-state index in [2.05, 4.69) is 25.9 Å². The molecule has 0 saturated carbocycles. The molecule has 0 unspecified atom stereocenters. The lowest BCUT2D eigenvalue weighted by Crippen LogP contribution is -2.23. The van der Waals surface area contributed by atoms with E-state index in [9.17, 15) is 0 Å². The highest BCUT2D eigenvalue weighted by Gasteiger charge is 2.04. The average Bonchev–Trinajstić information content (AvgIpc) is 2.40.